The van der Waals surface area contributed by atoms with Crippen LogP contribution in [0.1, 0.15) is 6.42 Å². The van der Waals surface area contributed by atoms with Gasteiger partial charge in [-0.2, -0.15) is 0 Å². The van der Waals surface area contributed by atoms with E-state index in [-0.39, 0.29) is 0 Å². The van der Waals surface area contributed by atoms with Crippen molar-refractivity contribution >= 4 is 18.4 Å². The summed E-state index contributed by atoms with van der Waals surface area (Å²) in [5, 5.41) is 3.34. The zero-order valence-corrected chi connectivity index (χ0v) is 10.1. The second-order valence-corrected chi connectivity index (χ2v) is 18.6. The van der Waals surface area contributed by atoms with Crippen LogP contribution < -0.4 is 5.32 Å². The van der Waals surface area contributed by atoms with Crippen LogP contribution in [0.15, 0.2) is 9.67 Å². The van der Waals surface area contributed by atoms with E-state index in [0.717, 1.165) is 6.54 Å². The van der Waals surface area contributed by atoms with Gasteiger partial charge in [0, 0.05) is 0 Å². The van der Waals surface area contributed by atoms with E-state index < -0.39 is 18.4 Å². The first kappa shape index (κ1) is 8.59. The average molecular weight is 246 g/mol. The molecule has 1 aliphatic heterocycles. The molecule has 0 saturated heterocycles. The molecular formula is C8H17NSn. The standard InChI is InChI=1S/C5H8N.3CH3.Sn/c1-2-4-6-5-3-1;;;;/h2,6H,3-5H2;3*1H3;. The fraction of sp³-hybridized carbons (Fsp3) is 0.750. The van der Waals surface area contributed by atoms with Gasteiger partial charge in [0.05, 0.1) is 0 Å². The second-order valence-electron chi connectivity index (χ2n) is 3.93. The molecule has 0 unspecified atom stereocenters. The van der Waals surface area contributed by atoms with Crippen LogP contribution in [-0.2, 0) is 0 Å². The second kappa shape index (κ2) is 3.26. The normalized spacial score (nSPS) is 20.5. The van der Waals surface area contributed by atoms with Gasteiger partial charge in [-0.15, -0.1) is 0 Å². The molecular weight excluding hydrogens is 229 g/mol. The van der Waals surface area contributed by atoms with Crippen molar-refractivity contribution in [3.8, 4) is 0 Å². The van der Waals surface area contributed by atoms with Crippen molar-refractivity contribution in [2.45, 2.75) is 21.2 Å². The van der Waals surface area contributed by atoms with Gasteiger partial charge in [0.1, 0.15) is 0 Å². The summed E-state index contributed by atoms with van der Waals surface area (Å²) in [6, 6.07) is 0. The Morgan fingerprint density at radius 2 is 2.10 bits per heavy atom. The Hall–Kier alpha value is 0.499. The molecule has 0 aromatic heterocycles. The van der Waals surface area contributed by atoms with E-state index in [1.807, 2.05) is 3.59 Å². The van der Waals surface area contributed by atoms with Gasteiger partial charge >= 0.3 is 67.7 Å². The minimum atomic E-state index is -1.61. The third kappa shape index (κ3) is 2.27. The van der Waals surface area contributed by atoms with Crippen LogP contribution in [0.4, 0.5) is 0 Å². The van der Waals surface area contributed by atoms with E-state index in [1.165, 1.54) is 13.0 Å². The molecule has 1 nitrogen and oxygen atoms in total. The summed E-state index contributed by atoms with van der Waals surface area (Å²) in [5.41, 5.74) is 0. The molecule has 2 heteroatoms. The predicted molar refractivity (Wildman–Crippen MR) is 48.9 cm³/mol. The number of hydrogen-bond donors (Lipinski definition) is 1. The summed E-state index contributed by atoms with van der Waals surface area (Å²) in [6.45, 7) is 2.32. The van der Waals surface area contributed by atoms with Crippen LogP contribution in [0, 0.1) is 0 Å². The van der Waals surface area contributed by atoms with Gasteiger partial charge in [0.25, 0.3) is 0 Å². The Balaban J connectivity index is 2.62. The first-order valence-electron chi connectivity index (χ1n) is 4.01. The summed E-state index contributed by atoms with van der Waals surface area (Å²) >= 11 is -1.61. The van der Waals surface area contributed by atoms with Gasteiger partial charge in [-0.3, -0.25) is 0 Å². The fourth-order valence-corrected chi connectivity index (χ4v) is 5.84. The molecule has 1 N–H and O–H groups in total. The summed E-state index contributed by atoms with van der Waals surface area (Å²) in [4.78, 5) is 7.48. The van der Waals surface area contributed by atoms with Crippen molar-refractivity contribution in [1.29, 1.82) is 0 Å². The van der Waals surface area contributed by atoms with Gasteiger partial charge < -0.3 is 0 Å². The van der Waals surface area contributed by atoms with Gasteiger partial charge in [-0.1, -0.05) is 0 Å². The van der Waals surface area contributed by atoms with E-state index in [9.17, 15) is 0 Å². The van der Waals surface area contributed by atoms with Crippen molar-refractivity contribution in [3.05, 3.63) is 9.67 Å². The Labute approximate surface area is 67.8 Å². The number of hydrogen-bond acceptors (Lipinski definition) is 1. The molecule has 0 spiro atoms. The van der Waals surface area contributed by atoms with E-state index in [4.69, 9.17) is 0 Å². The third-order valence-electron chi connectivity index (χ3n) is 2.03. The van der Waals surface area contributed by atoms with Crippen molar-refractivity contribution < 1.29 is 0 Å². The molecule has 58 valence electrons. The van der Waals surface area contributed by atoms with Gasteiger partial charge in [-0.25, -0.2) is 0 Å². The van der Waals surface area contributed by atoms with Crippen LogP contribution in [0.5, 0.6) is 0 Å². The van der Waals surface area contributed by atoms with E-state index in [0.29, 0.717) is 0 Å². The fourth-order valence-electron chi connectivity index (χ4n) is 1.30. The SMILES string of the molecule is [CH3][Sn]([CH3])([CH3])[C]1=CCNCC1. The van der Waals surface area contributed by atoms with E-state index in [2.05, 4.69) is 26.2 Å². The molecule has 0 atom stereocenters. The first-order chi connectivity index (χ1) is 4.61. The van der Waals surface area contributed by atoms with Crippen molar-refractivity contribution in [1.82, 2.24) is 5.32 Å². The van der Waals surface area contributed by atoms with Gasteiger partial charge in [0.2, 0.25) is 0 Å². The predicted octanol–water partition coefficient (Wildman–Crippen LogP) is 1.78. The number of nitrogens with one attached hydrogen (secondary N) is 1. The first-order valence-corrected chi connectivity index (χ1v) is 14.0. The molecule has 0 saturated carbocycles. The molecule has 0 radical (unpaired) electrons. The molecule has 10 heavy (non-hydrogen) atoms. The molecule has 1 heterocycles. The maximum atomic E-state index is 3.34. The third-order valence-corrected chi connectivity index (χ3v) is 8.82. The zero-order chi connectivity index (χ0) is 7.61. The van der Waals surface area contributed by atoms with Crippen molar-refractivity contribution in [3.63, 3.8) is 0 Å². The summed E-state index contributed by atoms with van der Waals surface area (Å²) in [6.07, 6.45) is 3.74. The Bertz CT molecular complexity index is 144. The van der Waals surface area contributed by atoms with Crippen LogP contribution in [0.25, 0.3) is 0 Å². The summed E-state index contributed by atoms with van der Waals surface area (Å²) in [5.74, 6) is 0. The average Bonchev–Trinajstić information content (AvgIpc) is 1.88. The Morgan fingerprint density at radius 3 is 2.40 bits per heavy atom. The summed E-state index contributed by atoms with van der Waals surface area (Å²) in [7, 11) is 0. The Morgan fingerprint density at radius 1 is 1.40 bits per heavy atom. The molecule has 0 fully saturated rings. The van der Waals surface area contributed by atoms with Crippen LogP contribution >= 0.6 is 0 Å². The van der Waals surface area contributed by atoms with Gasteiger partial charge in [0.15, 0.2) is 0 Å². The summed E-state index contributed by atoms with van der Waals surface area (Å²) < 4.78 is 1.81. The van der Waals surface area contributed by atoms with Gasteiger partial charge in [-0.05, 0) is 0 Å². The van der Waals surface area contributed by atoms with Crippen LogP contribution in [0.3, 0.4) is 0 Å². The van der Waals surface area contributed by atoms with E-state index >= 15 is 0 Å². The molecule has 0 aliphatic carbocycles. The molecule has 1 rings (SSSR count). The molecule has 0 bridgehead atoms. The molecule has 1 aliphatic rings. The quantitative estimate of drug-likeness (QED) is 0.695. The zero-order valence-electron chi connectivity index (χ0n) is 7.20. The van der Waals surface area contributed by atoms with Crippen molar-refractivity contribution in [2.75, 3.05) is 13.1 Å². The van der Waals surface area contributed by atoms with E-state index in [1.54, 1.807) is 0 Å². The number of rotatable bonds is 1. The monoisotopic (exact) mass is 247 g/mol. The topological polar surface area (TPSA) is 12.0 Å². The molecule has 0 aromatic rings. The molecule has 0 aromatic carbocycles. The van der Waals surface area contributed by atoms with Crippen LogP contribution in [0.2, 0.25) is 14.8 Å². The van der Waals surface area contributed by atoms with Crippen molar-refractivity contribution in [2.24, 2.45) is 0 Å². The maximum absolute atomic E-state index is 3.34. The van der Waals surface area contributed by atoms with Crippen LogP contribution in [-0.4, -0.2) is 31.5 Å². The Kier molecular flexibility index (Phi) is 2.80. The minimum absolute atomic E-state index is 1.11. The molecule has 0 amide bonds.